The number of para-hydroxylation sites is 1. The largest absolute Gasteiger partial charge is 0.491 e. The van der Waals surface area contributed by atoms with Crippen LogP contribution < -0.4 is 4.74 Å². The summed E-state index contributed by atoms with van der Waals surface area (Å²) in [5.74, 6) is -0.883. The fourth-order valence-electron chi connectivity index (χ4n) is 5.08. The first-order valence-corrected chi connectivity index (χ1v) is 12.6. The average molecular weight is 494 g/mol. The molecule has 5 nitrogen and oxygen atoms in total. The molecule has 3 atom stereocenters. The van der Waals surface area contributed by atoms with E-state index in [4.69, 9.17) is 26.1 Å². The first-order chi connectivity index (χ1) is 16.7. The number of esters is 1. The van der Waals surface area contributed by atoms with Crippen LogP contribution in [0.5, 0.6) is 5.75 Å². The lowest BCUT2D eigenvalue weighted by Crippen LogP contribution is -2.39. The summed E-state index contributed by atoms with van der Waals surface area (Å²) in [5.41, 5.74) is 3.88. The maximum absolute atomic E-state index is 13.7. The van der Waals surface area contributed by atoms with Crippen LogP contribution >= 0.6 is 11.6 Å². The van der Waals surface area contributed by atoms with Gasteiger partial charge in [-0.2, -0.15) is 0 Å². The van der Waals surface area contributed by atoms with Crippen LogP contribution in [0.25, 0.3) is 0 Å². The van der Waals surface area contributed by atoms with Crippen molar-refractivity contribution in [1.29, 1.82) is 0 Å². The van der Waals surface area contributed by atoms with Crippen molar-refractivity contribution in [2.75, 3.05) is 0 Å². The first-order valence-electron chi connectivity index (χ1n) is 12.2. The van der Waals surface area contributed by atoms with Crippen LogP contribution in [0, 0.1) is 5.92 Å². The number of ketones is 1. The molecule has 0 saturated heterocycles. The molecule has 0 N–H and O–H groups in total. The van der Waals surface area contributed by atoms with Crippen molar-refractivity contribution in [3.05, 3.63) is 76.0 Å². The van der Waals surface area contributed by atoms with Crippen molar-refractivity contribution in [3.8, 4) is 5.75 Å². The van der Waals surface area contributed by atoms with Crippen LogP contribution in [0.4, 0.5) is 0 Å². The summed E-state index contributed by atoms with van der Waals surface area (Å²) in [6.07, 6.45) is 0.644. The zero-order valence-corrected chi connectivity index (χ0v) is 21.6. The Morgan fingerprint density at radius 3 is 2.34 bits per heavy atom. The van der Waals surface area contributed by atoms with Gasteiger partial charge in [0, 0.05) is 39.9 Å². The van der Waals surface area contributed by atoms with Gasteiger partial charge >= 0.3 is 5.97 Å². The summed E-state index contributed by atoms with van der Waals surface area (Å²) in [7, 11) is 0. The third-order valence-electron chi connectivity index (χ3n) is 6.45. The molecule has 0 saturated carbocycles. The molecule has 1 aliphatic heterocycles. The maximum Gasteiger partial charge on any atom is 0.315 e. The summed E-state index contributed by atoms with van der Waals surface area (Å²) in [5, 5.41) is 0.663. The third-order valence-corrected chi connectivity index (χ3v) is 6.70. The van der Waals surface area contributed by atoms with Gasteiger partial charge in [-0.3, -0.25) is 14.6 Å². The number of carbonyl (C=O) groups is 2. The number of hydrogen-bond acceptors (Lipinski definition) is 5. The average Bonchev–Trinajstić information content (AvgIpc) is 2.78. The van der Waals surface area contributed by atoms with E-state index < -0.39 is 11.8 Å². The Morgan fingerprint density at radius 2 is 1.69 bits per heavy atom. The highest BCUT2D eigenvalue weighted by atomic mass is 35.5. The highest BCUT2D eigenvalue weighted by Crippen LogP contribution is 2.48. The minimum Gasteiger partial charge on any atom is -0.491 e. The van der Waals surface area contributed by atoms with Crippen molar-refractivity contribution in [1.82, 2.24) is 0 Å². The molecule has 0 radical (unpaired) electrons. The molecule has 2 aliphatic rings. The Balaban J connectivity index is 1.83. The number of halogens is 1. The number of allylic oxidation sites excluding steroid dienone is 2. The van der Waals surface area contributed by atoms with E-state index in [2.05, 4.69) is 0 Å². The molecule has 184 valence electrons. The summed E-state index contributed by atoms with van der Waals surface area (Å²) in [6, 6.07) is 15.3. The lowest BCUT2D eigenvalue weighted by atomic mass is 9.69. The van der Waals surface area contributed by atoms with Gasteiger partial charge in [0.25, 0.3) is 0 Å². The van der Waals surface area contributed by atoms with Gasteiger partial charge < -0.3 is 9.47 Å². The van der Waals surface area contributed by atoms with Crippen LogP contribution in [0.3, 0.4) is 0 Å². The van der Waals surface area contributed by atoms with Gasteiger partial charge in [0.2, 0.25) is 0 Å². The molecular formula is C29H32ClNO4. The van der Waals surface area contributed by atoms with E-state index >= 15 is 0 Å². The molecule has 0 aromatic heterocycles. The van der Waals surface area contributed by atoms with Gasteiger partial charge in [0.05, 0.1) is 12.2 Å². The Labute approximate surface area is 212 Å². The van der Waals surface area contributed by atoms with E-state index in [1.165, 1.54) is 0 Å². The number of nitrogens with zero attached hydrogens (tertiary/aromatic N) is 1. The molecule has 2 aromatic carbocycles. The quantitative estimate of drug-likeness (QED) is 0.422. The van der Waals surface area contributed by atoms with Gasteiger partial charge in [0.1, 0.15) is 11.7 Å². The zero-order valence-electron chi connectivity index (χ0n) is 20.9. The smallest absolute Gasteiger partial charge is 0.315 e. The van der Waals surface area contributed by atoms with Gasteiger partial charge in [-0.25, -0.2) is 0 Å². The minimum atomic E-state index is -0.691. The van der Waals surface area contributed by atoms with Crippen LogP contribution in [0.15, 0.2) is 64.8 Å². The van der Waals surface area contributed by atoms with Crippen molar-refractivity contribution in [2.45, 2.75) is 71.5 Å². The fourth-order valence-corrected chi connectivity index (χ4v) is 5.20. The molecule has 0 amide bonds. The van der Waals surface area contributed by atoms with E-state index in [-0.39, 0.29) is 29.9 Å². The standard InChI is InChI=1S/C29H32ClNO4/c1-16(2)34-25-9-7-6-8-22(25)27-26(29(33)35-17(3)4)18(5)31-23-14-20(15-24(32)28(23)27)19-10-12-21(30)13-11-19/h6-13,16-17,20,26-27H,14-15H2,1-5H3/t20-,26?,27+/m0/s1. The zero-order chi connectivity index (χ0) is 25.3. The van der Waals surface area contributed by atoms with Crippen LogP contribution in [0.1, 0.15) is 70.4 Å². The summed E-state index contributed by atoms with van der Waals surface area (Å²) in [6.45, 7) is 9.42. The van der Waals surface area contributed by atoms with Crippen molar-refractivity contribution in [3.63, 3.8) is 0 Å². The van der Waals surface area contributed by atoms with E-state index in [0.29, 0.717) is 34.9 Å². The SMILES string of the molecule is CC1=NC2=C(C(=O)C[C@@H](c3ccc(Cl)cc3)C2)[C@H](c2ccccc2OC(C)C)C1C(=O)OC(C)C. The Morgan fingerprint density at radius 1 is 1.00 bits per heavy atom. The molecule has 2 aromatic rings. The first kappa shape index (κ1) is 25.2. The molecule has 6 heteroatoms. The van der Waals surface area contributed by atoms with E-state index in [0.717, 1.165) is 16.8 Å². The number of Topliss-reactive ketones (excluding diaryl/α,β-unsaturated/α-hetero) is 1. The molecule has 1 aliphatic carbocycles. The van der Waals surface area contributed by atoms with Crippen molar-refractivity contribution < 1.29 is 19.1 Å². The summed E-state index contributed by atoms with van der Waals surface area (Å²) < 4.78 is 11.8. The minimum absolute atomic E-state index is 0.00847. The van der Waals surface area contributed by atoms with Gasteiger partial charge in [0.15, 0.2) is 5.78 Å². The lowest BCUT2D eigenvalue weighted by Gasteiger charge is -2.37. The van der Waals surface area contributed by atoms with Gasteiger partial charge in [-0.15, -0.1) is 0 Å². The van der Waals surface area contributed by atoms with Crippen molar-refractivity contribution in [2.24, 2.45) is 10.9 Å². The second kappa shape index (κ2) is 10.4. The topological polar surface area (TPSA) is 65.0 Å². The van der Waals surface area contributed by atoms with E-state index in [9.17, 15) is 9.59 Å². The molecule has 1 heterocycles. The fraction of sp³-hybridized carbons (Fsp3) is 0.414. The Hall–Kier alpha value is -2.92. The van der Waals surface area contributed by atoms with Crippen LogP contribution in [-0.4, -0.2) is 29.7 Å². The Bertz CT molecular complexity index is 1180. The van der Waals surface area contributed by atoms with E-state index in [1.54, 1.807) is 0 Å². The second-order valence-corrected chi connectivity index (χ2v) is 10.3. The summed E-state index contributed by atoms with van der Waals surface area (Å²) in [4.78, 5) is 31.9. The Kier molecular flexibility index (Phi) is 7.46. The highest BCUT2D eigenvalue weighted by Gasteiger charge is 2.46. The highest BCUT2D eigenvalue weighted by molar-refractivity contribution is 6.30. The molecule has 0 fully saturated rings. The number of carbonyl (C=O) groups excluding carboxylic acids is 2. The molecule has 0 bridgehead atoms. The molecule has 4 rings (SSSR count). The lowest BCUT2D eigenvalue weighted by molar-refractivity contribution is -0.150. The number of rotatable bonds is 6. The number of aliphatic imine (C=N–C) groups is 1. The summed E-state index contributed by atoms with van der Waals surface area (Å²) >= 11 is 6.07. The maximum atomic E-state index is 13.7. The number of ether oxygens (including phenoxy) is 2. The van der Waals surface area contributed by atoms with E-state index in [1.807, 2.05) is 83.1 Å². The van der Waals surface area contributed by atoms with Gasteiger partial charge in [-0.05, 0) is 70.7 Å². The third kappa shape index (κ3) is 5.35. The number of benzene rings is 2. The number of hydrogen-bond donors (Lipinski definition) is 0. The molecule has 35 heavy (non-hydrogen) atoms. The van der Waals surface area contributed by atoms with Crippen LogP contribution in [0.2, 0.25) is 5.02 Å². The second-order valence-electron chi connectivity index (χ2n) is 9.84. The van der Waals surface area contributed by atoms with Gasteiger partial charge in [-0.1, -0.05) is 41.9 Å². The molecule has 0 spiro atoms. The predicted molar refractivity (Wildman–Crippen MR) is 138 cm³/mol. The van der Waals surface area contributed by atoms with Crippen LogP contribution in [-0.2, 0) is 14.3 Å². The normalized spacial score (nSPS) is 22.2. The molecule has 1 unspecified atom stereocenters. The predicted octanol–water partition coefficient (Wildman–Crippen LogP) is 6.65. The molecular weight excluding hydrogens is 462 g/mol. The van der Waals surface area contributed by atoms with Crippen molar-refractivity contribution >= 4 is 29.1 Å². The monoisotopic (exact) mass is 493 g/mol.